The Morgan fingerprint density at radius 2 is 2.04 bits per heavy atom. The van der Waals surface area contributed by atoms with Gasteiger partial charge in [-0.25, -0.2) is 4.98 Å². The van der Waals surface area contributed by atoms with Gasteiger partial charge in [-0.1, -0.05) is 0 Å². The van der Waals surface area contributed by atoms with E-state index in [1.54, 1.807) is 20.2 Å². The Hall–Kier alpha value is -2.38. The van der Waals surface area contributed by atoms with Crippen LogP contribution in [0.4, 0.5) is 19.0 Å². The van der Waals surface area contributed by atoms with Crippen LogP contribution >= 0.6 is 0 Å². The van der Waals surface area contributed by atoms with Crippen LogP contribution in [0.5, 0.6) is 0 Å². The van der Waals surface area contributed by atoms with E-state index in [1.807, 2.05) is 13.8 Å². The number of pyridine rings is 1. The van der Waals surface area contributed by atoms with Crippen molar-refractivity contribution in [3.63, 3.8) is 0 Å². The standard InChI is InChI=1S/C15H20F3N5/c1-9(10(2)20-3)13(21-4)12-5-11(6-19)14(22-7-12)23-8-15(16,17)18/h5-7,19-20H,8H2,1-4H3,(H,22,23)/b10-9+,19-6?,21-13?. The van der Waals surface area contributed by atoms with Crippen molar-refractivity contribution in [2.75, 3.05) is 26.0 Å². The molecule has 0 aliphatic carbocycles. The van der Waals surface area contributed by atoms with E-state index >= 15 is 0 Å². The molecule has 0 saturated carbocycles. The summed E-state index contributed by atoms with van der Waals surface area (Å²) in [4.78, 5) is 8.22. The predicted molar refractivity (Wildman–Crippen MR) is 86.6 cm³/mol. The fraction of sp³-hybridized carbons (Fsp3) is 0.400. The minimum Gasteiger partial charge on any atom is -0.391 e. The molecule has 23 heavy (non-hydrogen) atoms. The molecule has 0 amide bonds. The molecule has 1 aromatic rings. The van der Waals surface area contributed by atoms with Gasteiger partial charge in [-0.05, 0) is 25.5 Å². The fourth-order valence-electron chi connectivity index (χ4n) is 1.93. The highest BCUT2D eigenvalue weighted by Gasteiger charge is 2.27. The molecule has 0 aromatic carbocycles. The highest BCUT2D eigenvalue weighted by Crippen LogP contribution is 2.20. The van der Waals surface area contributed by atoms with Crippen molar-refractivity contribution in [3.05, 3.63) is 34.7 Å². The van der Waals surface area contributed by atoms with Crippen LogP contribution in [0.2, 0.25) is 0 Å². The fourth-order valence-corrected chi connectivity index (χ4v) is 1.93. The molecular weight excluding hydrogens is 307 g/mol. The number of anilines is 1. The molecule has 1 aromatic heterocycles. The average molecular weight is 327 g/mol. The van der Waals surface area contributed by atoms with Crippen molar-refractivity contribution >= 4 is 17.7 Å². The number of rotatable bonds is 6. The lowest BCUT2D eigenvalue weighted by Crippen LogP contribution is -2.22. The summed E-state index contributed by atoms with van der Waals surface area (Å²) < 4.78 is 36.9. The Balaban J connectivity index is 3.19. The van der Waals surface area contributed by atoms with Gasteiger partial charge in [0.15, 0.2) is 0 Å². The van der Waals surface area contributed by atoms with Crippen LogP contribution in [0.25, 0.3) is 0 Å². The summed E-state index contributed by atoms with van der Waals surface area (Å²) in [5, 5.41) is 12.6. The maximum absolute atomic E-state index is 12.3. The number of aromatic nitrogens is 1. The van der Waals surface area contributed by atoms with Crippen molar-refractivity contribution in [1.29, 1.82) is 5.41 Å². The summed E-state index contributed by atoms with van der Waals surface area (Å²) in [6, 6.07) is 1.59. The molecule has 0 unspecified atom stereocenters. The Bertz CT molecular complexity index is 632. The molecule has 0 saturated heterocycles. The number of nitrogens with zero attached hydrogens (tertiary/aromatic N) is 2. The Morgan fingerprint density at radius 1 is 1.39 bits per heavy atom. The van der Waals surface area contributed by atoms with Crippen molar-refractivity contribution in [2.24, 2.45) is 4.99 Å². The van der Waals surface area contributed by atoms with Gasteiger partial charge in [-0.15, -0.1) is 0 Å². The Morgan fingerprint density at radius 3 is 2.52 bits per heavy atom. The minimum atomic E-state index is -4.35. The van der Waals surface area contributed by atoms with E-state index in [0.717, 1.165) is 17.5 Å². The molecule has 0 fully saturated rings. The van der Waals surface area contributed by atoms with E-state index in [9.17, 15) is 13.2 Å². The molecule has 0 atom stereocenters. The first-order valence-electron chi connectivity index (χ1n) is 6.87. The zero-order chi connectivity index (χ0) is 17.6. The van der Waals surface area contributed by atoms with Crippen LogP contribution in [0.1, 0.15) is 25.0 Å². The number of aliphatic imine (C=N–C) groups is 1. The van der Waals surface area contributed by atoms with Crippen LogP contribution < -0.4 is 10.6 Å². The largest absolute Gasteiger partial charge is 0.405 e. The molecule has 126 valence electrons. The first kappa shape index (κ1) is 18.7. The van der Waals surface area contributed by atoms with Gasteiger partial charge in [-0.3, -0.25) is 4.99 Å². The normalized spacial score (nSPS) is 13.4. The zero-order valence-electron chi connectivity index (χ0n) is 13.5. The first-order valence-corrected chi connectivity index (χ1v) is 6.87. The second kappa shape index (κ2) is 7.75. The molecule has 0 aliphatic rings. The molecule has 0 bridgehead atoms. The van der Waals surface area contributed by atoms with Gasteiger partial charge in [0.2, 0.25) is 0 Å². The summed E-state index contributed by atoms with van der Waals surface area (Å²) in [5.74, 6) is 0.0171. The highest BCUT2D eigenvalue weighted by molar-refractivity contribution is 6.13. The van der Waals surface area contributed by atoms with Crippen molar-refractivity contribution < 1.29 is 13.2 Å². The summed E-state index contributed by atoms with van der Waals surface area (Å²) >= 11 is 0. The van der Waals surface area contributed by atoms with Crippen LogP contribution in [0.3, 0.4) is 0 Å². The maximum atomic E-state index is 12.3. The molecule has 0 aliphatic heterocycles. The number of halogens is 3. The molecule has 3 N–H and O–H groups in total. The molecular formula is C15H20F3N5. The Labute approximate surface area is 133 Å². The van der Waals surface area contributed by atoms with E-state index in [-0.39, 0.29) is 11.4 Å². The van der Waals surface area contributed by atoms with Gasteiger partial charge in [0, 0.05) is 43.3 Å². The van der Waals surface area contributed by atoms with E-state index in [4.69, 9.17) is 5.41 Å². The summed E-state index contributed by atoms with van der Waals surface area (Å²) in [6.07, 6.45) is -1.94. The smallest absolute Gasteiger partial charge is 0.391 e. The molecule has 0 radical (unpaired) electrons. The topological polar surface area (TPSA) is 73.2 Å². The van der Waals surface area contributed by atoms with Gasteiger partial charge < -0.3 is 16.0 Å². The first-order chi connectivity index (χ1) is 10.7. The Kier molecular flexibility index (Phi) is 6.29. The van der Waals surface area contributed by atoms with Gasteiger partial charge in [0.05, 0.1) is 5.71 Å². The van der Waals surface area contributed by atoms with Crippen molar-refractivity contribution in [1.82, 2.24) is 10.3 Å². The van der Waals surface area contributed by atoms with Crippen molar-refractivity contribution in [3.8, 4) is 0 Å². The second-order valence-corrected chi connectivity index (χ2v) is 4.85. The lowest BCUT2D eigenvalue weighted by atomic mass is 10.0. The monoisotopic (exact) mass is 327 g/mol. The lowest BCUT2D eigenvalue weighted by Gasteiger charge is -2.14. The molecule has 1 rings (SSSR count). The average Bonchev–Trinajstić information content (AvgIpc) is 2.52. The van der Waals surface area contributed by atoms with Crippen LogP contribution in [0.15, 0.2) is 28.5 Å². The van der Waals surface area contributed by atoms with Gasteiger partial charge >= 0.3 is 6.18 Å². The minimum absolute atomic E-state index is 0.0171. The van der Waals surface area contributed by atoms with Crippen LogP contribution in [0, 0.1) is 5.41 Å². The molecule has 0 spiro atoms. The van der Waals surface area contributed by atoms with Crippen LogP contribution in [-0.2, 0) is 0 Å². The summed E-state index contributed by atoms with van der Waals surface area (Å²) in [5.41, 5.74) is 3.37. The number of hydrogen-bond donors (Lipinski definition) is 3. The highest BCUT2D eigenvalue weighted by atomic mass is 19.4. The SMILES string of the molecule is CN=C(/C(C)=C(\C)NC)c1cnc(NCC(F)(F)F)c(C=N)c1. The molecule has 8 heteroatoms. The van der Waals surface area contributed by atoms with Gasteiger partial charge in [0.25, 0.3) is 0 Å². The number of nitrogens with one attached hydrogen (secondary N) is 3. The number of hydrogen-bond acceptors (Lipinski definition) is 5. The summed E-state index contributed by atoms with van der Waals surface area (Å²) in [6.45, 7) is 2.57. The summed E-state index contributed by atoms with van der Waals surface area (Å²) in [7, 11) is 3.42. The number of allylic oxidation sites excluding steroid dienone is 2. The zero-order valence-corrected chi connectivity index (χ0v) is 13.5. The lowest BCUT2D eigenvalue weighted by molar-refractivity contribution is -0.115. The van der Waals surface area contributed by atoms with Crippen LogP contribution in [-0.4, -0.2) is 43.7 Å². The number of alkyl halides is 3. The maximum Gasteiger partial charge on any atom is 0.405 e. The third-order valence-corrected chi connectivity index (χ3v) is 3.32. The van der Waals surface area contributed by atoms with E-state index in [2.05, 4.69) is 20.6 Å². The molecule has 1 heterocycles. The van der Waals surface area contributed by atoms with Crippen molar-refractivity contribution in [2.45, 2.75) is 20.0 Å². The molecule has 5 nitrogen and oxygen atoms in total. The third kappa shape index (κ3) is 5.08. The van der Waals surface area contributed by atoms with E-state index < -0.39 is 12.7 Å². The van der Waals surface area contributed by atoms with Gasteiger partial charge in [0.1, 0.15) is 12.4 Å². The quantitative estimate of drug-likeness (QED) is 0.703. The van der Waals surface area contributed by atoms with E-state index in [0.29, 0.717) is 11.3 Å². The predicted octanol–water partition coefficient (Wildman–Crippen LogP) is 2.99. The van der Waals surface area contributed by atoms with Gasteiger partial charge in [-0.2, -0.15) is 13.2 Å². The second-order valence-electron chi connectivity index (χ2n) is 4.85. The third-order valence-electron chi connectivity index (χ3n) is 3.32. The van der Waals surface area contributed by atoms with E-state index in [1.165, 1.54) is 6.20 Å².